The van der Waals surface area contributed by atoms with E-state index in [1.165, 1.54) is 16.9 Å². The van der Waals surface area contributed by atoms with Crippen molar-refractivity contribution in [3.63, 3.8) is 0 Å². The molecule has 0 bridgehead atoms. The second-order valence-electron chi connectivity index (χ2n) is 8.89. The van der Waals surface area contributed by atoms with Crippen LogP contribution >= 0.6 is 11.3 Å². The van der Waals surface area contributed by atoms with Gasteiger partial charge in [0.2, 0.25) is 0 Å². The first kappa shape index (κ1) is 22.3. The van der Waals surface area contributed by atoms with Gasteiger partial charge in [-0.05, 0) is 45.1 Å². The Balaban J connectivity index is 1.48. The summed E-state index contributed by atoms with van der Waals surface area (Å²) < 4.78 is 5.42. The number of aromatic nitrogens is 1. The summed E-state index contributed by atoms with van der Waals surface area (Å²) in [5, 5.41) is 2.82. The van der Waals surface area contributed by atoms with Gasteiger partial charge in [-0.25, -0.2) is 9.78 Å². The fourth-order valence-electron chi connectivity index (χ4n) is 3.54. The molecule has 3 rings (SSSR count). The van der Waals surface area contributed by atoms with Crippen molar-refractivity contribution in [1.82, 2.24) is 14.8 Å². The summed E-state index contributed by atoms with van der Waals surface area (Å²) in [7, 11) is 1.77. The Morgan fingerprint density at radius 2 is 1.87 bits per heavy atom. The van der Waals surface area contributed by atoms with Gasteiger partial charge in [-0.2, -0.15) is 0 Å². The molecule has 7 heteroatoms. The van der Waals surface area contributed by atoms with Crippen molar-refractivity contribution in [3.8, 4) is 0 Å². The Morgan fingerprint density at radius 3 is 2.50 bits per heavy atom. The first-order valence-electron chi connectivity index (χ1n) is 10.4. The standard InChI is InChI=1S/C23H31N3O3S/c1-23(2,3)29-22(28)25(4)15-18-10-12-26(13-11-18)21(27)19-16-30-20(24-19)14-17-8-6-5-7-9-17/h5-9,16,18H,10-15H2,1-4H3. The van der Waals surface area contributed by atoms with E-state index in [0.717, 1.165) is 24.3 Å². The van der Waals surface area contributed by atoms with Gasteiger partial charge in [-0.3, -0.25) is 4.79 Å². The van der Waals surface area contributed by atoms with E-state index in [4.69, 9.17) is 4.74 Å². The maximum Gasteiger partial charge on any atom is 0.410 e. The van der Waals surface area contributed by atoms with E-state index in [9.17, 15) is 9.59 Å². The van der Waals surface area contributed by atoms with Crippen LogP contribution < -0.4 is 0 Å². The zero-order valence-electron chi connectivity index (χ0n) is 18.3. The van der Waals surface area contributed by atoms with Crippen molar-refractivity contribution in [2.24, 2.45) is 5.92 Å². The van der Waals surface area contributed by atoms with Gasteiger partial charge >= 0.3 is 6.09 Å². The van der Waals surface area contributed by atoms with Crippen molar-refractivity contribution in [2.45, 2.75) is 45.6 Å². The minimum absolute atomic E-state index is 0.00417. The summed E-state index contributed by atoms with van der Waals surface area (Å²) in [6, 6.07) is 10.2. The second kappa shape index (κ2) is 9.60. The quantitative estimate of drug-likeness (QED) is 0.704. The number of likely N-dealkylation sites (tertiary alicyclic amines) is 1. The fourth-order valence-corrected chi connectivity index (χ4v) is 4.35. The number of ether oxygens (including phenoxy) is 1. The SMILES string of the molecule is CN(CC1CCN(C(=O)c2csc(Cc3ccccc3)n2)CC1)C(=O)OC(C)(C)C. The van der Waals surface area contributed by atoms with Crippen LogP contribution in [0.1, 0.15) is 54.7 Å². The maximum atomic E-state index is 12.8. The third-order valence-electron chi connectivity index (χ3n) is 5.11. The number of hydrogen-bond acceptors (Lipinski definition) is 5. The van der Waals surface area contributed by atoms with Crippen molar-refractivity contribution in [2.75, 3.05) is 26.7 Å². The number of carbonyl (C=O) groups excluding carboxylic acids is 2. The van der Waals surface area contributed by atoms with Gasteiger partial charge in [-0.1, -0.05) is 30.3 Å². The van der Waals surface area contributed by atoms with Gasteiger partial charge in [0, 0.05) is 38.5 Å². The summed E-state index contributed by atoms with van der Waals surface area (Å²) in [6.07, 6.45) is 2.20. The van der Waals surface area contributed by atoms with E-state index in [0.29, 0.717) is 31.2 Å². The first-order valence-corrected chi connectivity index (χ1v) is 11.3. The Hall–Kier alpha value is -2.41. The van der Waals surface area contributed by atoms with Crippen LogP contribution in [0.15, 0.2) is 35.7 Å². The van der Waals surface area contributed by atoms with Gasteiger partial charge in [0.15, 0.2) is 0 Å². The molecule has 1 aromatic carbocycles. The third kappa shape index (κ3) is 6.29. The summed E-state index contributed by atoms with van der Waals surface area (Å²) >= 11 is 1.54. The lowest BCUT2D eigenvalue weighted by atomic mass is 9.96. The molecule has 30 heavy (non-hydrogen) atoms. The lowest BCUT2D eigenvalue weighted by Crippen LogP contribution is -2.43. The fraction of sp³-hybridized carbons (Fsp3) is 0.522. The number of nitrogens with zero attached hydrogens (tertiary/aromatic N) is 3. The van der Waals surface area contributed by atoms with Crippen molar-refractivity contribution >= 4 is 23.3 Å². The number of amides is 2. The van der Waals surface area contributed by atoms with E-state index in [2.05, 4.69) is 17.1 Å². The van der Waals surface area contributed by atoms with Gasteiger partial charge in [-0.15, -0.1) is 11.3 Å². The Labute approximate surface area is 182 Å². The van der Waals surface area contributed by atoms with Crippen molar-refractivity contribution in [3.05, 3.63) is 52.0 Å². The molecule has 0 saturated carbocycles. The van der Waals surface area contributed by atoms with Crippen molar-refractivity contribution < 1.29 is 14.3 Å². The zero-order valence-corrected chi connectivity index (χ0v) is 19.1. The molecule has 0 unspecified atom stereocenters. The second-order valence-corrected chi connectivity index (χ2v) is 9.83. The molecular formula is C23H31N3O3S. The number of thiazole rings is 1. The van der Waals surface area contributed by atoms with E-state index < -0.39 is 5.60 Å². The monoisotopic (exact) mass is 429 g/mol. The Bertz CT molecular complexity index is 852. The lowest BCUT2D eigenvalue weighted by molar-refractivity contribution is 0.0245. The van der Waals surface area contributed by atoms with Crippen molar-refractivity contribution in [1.29, 1.82) is 0 Å². The van der Waals surface area contributed by atoms with Gasteiger partial charge in [0.05, 0.1) is 5.01 Å². The molecule has 0 N–H and O–H groups in total. The minimum Gasteiger partial charge on any atom is -0.444 e. The summed E-state index contributed by atoms with van der Waals surface area (Å²) in [6.45, 7) is 7.63. The number of hydrogen-bond donors (Lipinski definition) is 0. The number of piperidine rings is 1. The highest BCUT2D eigenvalue weighted by Gasteiger charge is 2.28. The van der Waals surface area contributed by atoms with Gasteiger partial charge in [0.25, 0.3) is 5.91 Å². The molecule has 162 valence electrons. The van der Waals surface area contributed by atoms with Crippen LogP contribution in [0.25, 0.3) is 0 Å². The average Bonchev–Trinajstić information content (AvgIpc) is 3.16. The normalized spacial score (nSPS) is 15.1. The third-order valence-corrected chi connectivity index (χ3v) is 5.96. The van der Waals surface area contributed by atoms with Gasteiger partial charge in [0.1, 0.15) is 11.3 Å². The highest BCUT2D eigenvalue weighted by atomic mass is 32.1. The Morgan fingerprint density at radius 1 is 1.20 bits per heavy atom. The summed E-state index contributed by atoms with van der Waals surface area (Å²) in [5.41, 5.74) is 1.24. The molecule has 2 aromatic rings. The van der Waals surface area contributed by atoms with E-state index >= 15 is 0 Å². The van der Waals surface area contributed by atoms with E-state index in [1.54, 1.807) is 11.9 Å². The average molecular weight is 430 g/mol. The molecule has 1 aliphatic heterocycles. The van der Waals surface area contributed by atoms with Crippen LogP contribution in [0.4, 0.5) is 4.79 Å². The molecule has 1 aliphatic rings. The summed E-state index contributed by atoms with van der Waals surface area (Å²) in [5.74, 6) is 0.375. The number of carbonyl (C=O) groups is 2. The Kier molecular flexibility index (Phi) is 7.13. The van der Waals surface area contributed by atoms with Gasteiger partial charge < -0.3 is 14.5 Å². The maximum absolute atomic E-state index is 12.8. The predicted octanol–water partition coefficient (Wildman–Crippen LogP) is 4.45. The number of rotatable bonds is 5. The van der Waals surface area contributed by atoms with E-state index in [1.807, 2.05) is 49.3 Å². The highest BCUT2D eigenvalue weighted by Crippen LogP contribution is 2.22. The molecule has 0 spiro atoms. The topological polar surface area (TPSA) is 62.7 Å². The highest BCUT2D eigenvalue weighted by molar-refractivity contribution is 7.09. The molecule has 1 saturated heterocycles. The largest absolute Gasteiger partial charge is 0.444 e. The predicted molar refractivity (Wildman–Crippen MR) is 119 cm³/mol. The lowest BCUT2D eigenvalue weighted by Gasteiger charge is -2.34. The molecule has 6 nitrogen and oxygen atoms in total. The smallest absolute Gasteiger partial charge is 0.410 e. The van der Waals surface area contributed by atoms with Crippen LogP contribution in [-0.2, 0) is 11.2 Å². The van der Waals surface area contributed by atoms with E-state index in [-0.39, 0.29) is 12.0 Å². The van der Waals surface area contributed by atoms with Crippen LogP contribution in [0.5, 0.6) is 0 Å². The van der Waals surface area contributed by atoms with Crippen LogP contribution in [0, 0.1) is 5.92 Å². The molecule has 0 radical (unpaired) electrons. The molecule has 2 amide bonds. The van der Waals surface area contributed by atoms with Crippen LogP contribution in [0.3, 0.4) is 0 Å². The molecular weight excluding hydrogens is 398 g/mol. The molecule has 1 fully saturated rings. The summed E-state index contributed by atoms with van der Waals surface area (Å²) in [4.78, 5) is 33.1. The van der Waals surface area contributed by atoms with Crippen LogP contribution in [0.2, 0.25) is 0 Å². The van der Waals surface area contributed by atoms with Crippen LogP contribution in [-0.4, -0.2) is 59.1 Å². The molecule has 0 aliphatic carbocycles. The minimum atomic E-state index is -0.492. The number of benzene rings is 1. The zero-order chi connectivity index (χ0) is 21.7. The molecule has 2 heterocycles. The molecule has 0 atom stereocenters. The molecule has 1 aromatic heterocycles. The first-order chi connectivity index (χ1) is 14.2.